The number of aromatic amines is 1. The van der Waals surface area contributed by atoms with Crippen LogP contribution in [0.4, 0.5) is 0 Å². The Morgan fingerprint density at radius 3 is 2.67 bits per heavy atom. The topological polar surface area (TPSA) is 71.8 Å². The minimum atomic E-state index is -0.445. The number of nitrogens with two attached hydrogens (primary N) is 1. The first kappa shape index (κ1) is 14.7. The first-order valence-corrected chi connectivity index (χ1v) is 8.48. The SMILES string of the molecule is NC(=O)c1ccc2[nH]c(-c3ccc(Cc4cccs4)cc3)nc2c1. The lowest BCUT2D eigenvalue weighted by Gasteiger charge is -2.01. The maximum Gasteiger partial charge on any atom is 0.248 e. The molecule has 2 aromatic carbocycles. The van der Waals surface area contributed by atoms with Crippen LogP contribution >= 0.6 is 11.3 Å². The summed E-state index contributed by atoms with van der Waals surface area (Å²) in [5, 5.41) is 2.10. The van der Waals surface area contributed by atoms with Crippen LogP contribution in [0.1, 0.15) is 20.8 Å². The van der Waals surface area contributed by atoms with Crippen molar-refractivity contribution in [3.63, 3.8) is 0 Å². The van der Waals surface area contributed by atoms with Crippen LogP contribution in [-0.2, 0) is 6.42 Å². The molecule has 0 radical (unpaired) electrons. The number of nitrogens with zero attached hydrogens (tertiary/aromatic N) is 1. The fourth-order valence-electron chi connectivity index (χ4n) is 2.69. The van der Waals surface area contributed by atoms with E-state index < -0.39 is 5.91 Å². The molecule has 1 amide bonds. The fraction of sp³-hybridized carbons (Fsp3) is 0.0526. The van der Waals surface area contributed by atoms with Crippen molar-refractivity contribution in [2.24, 2.45) is 5.73 Å². The van der Waals surface area contributed by atoms with Gasteiger partial charge in [0.05, 0.1) is 11.0 Å². The molecule has 0 saturated heterocycles. The molecule has 0 spiro atoms. The number of thiophene rings is 1. The zero-order valence-corrected chi connectivity index (χ0v) is 13.6. The Morgan fingerprint density at radius 1 is 1.12 bits per heavy atom. The third-order valence-electron chi connectivity index (χ3n) is 3.95. The molecule has 4 aromatic rings. The number of primary amides is 1. The van der Waals surface area contributed by atoms with Gasteiger partial charge >= 0.3 is 0 Å². The number of carbonyl (C=O) groups excluding carboxylic acids is 1. The van der Waals surface area contributed by atoms with Gasteiger partial charge in [0.2, 0.25) is 5.91 Å². The summed E-state index contributed by atoms with van der Waals surface area (Å²) in [6.07, 6.45) is 0.944. The van der Waals surface area contributed by atoms with E-state index >= 15 is 0 Å². The van der Waals surface area contributed by atoms with Crippen LogP contribution in [0.3, 0.4) is 0 Å². The van der Waals surface area contributed by atoms with E-state index in [1.807, 2.05) is 6.07 Å². The molecule has 2 aromatic heterocycles. The number of H-pyrrole nitrogens is 1. The number of nitrogens with one attached hydrogen (secondary N) is 1. The third kappa shape index (κ3) is 2.81. The molecule has 0 aliphatic rings. The number of aromatic nitrogens is 2. The Balaban J connectivity index is 1.63. The number of fused-ring (bicyclic) bond motifs is 1. The van der Waals surface area contributed by atoms with Crippen LogP contribution in [0.2, 0.25) is 0 Å². The number of rotatable bonds is 4. The van der Waals surface area contributed by atoms with E-state index in [9.17, 15) is 4.79 Å². The summed E-state index contributed by atoms with van der Waals surface area (Å²) in [6.45, 7) is 0. The second-order valence-electron chi connectivity index (χ2n) is 5.63. The number of hydrogen-bond donors (Lipinski definition) is 2. The first-order valence-electron chi connectivity index (χ1n) is 7.60. The molecule has 2 heterocycles. The Bertz CT molecular complexity index is 1000. The van der Waals surface area contributed by atoms with Gasteiger partial charge in [-0.2, -0.15) is 0 Å². The van der Waals surface area contributed by atoms with Gasteiger partial charge in [-0.15, -0.1) is 11.3 Å². The van der Waals surface area contributed by atoms with Crippen molar-refractivity contribution in [1.82, 2.24) is 9.97 Å². The van der Waals surface area contributed by atoms with E-state index in [1.54, 1.807) is 23.5 Å². The van der Waals surface area contributed by atoms with Gasteiger partial charge in [0.15, 0.2) is 0 Å². The molecule has 0 aliphatic heterocycles. The highest BCUT2D eigenvalue weighted by Gasteiger charge is 2.08. The van der Waals surface area contributed by atoms with E-state index in [0.717, 1.165) is 28.8 Å². The normalized spacial score (nSPS) is 11.0. The highest BCUT2D eigenvalue weighted by Crippen LogP contribution is 2.23. The molecule has 118 valence electrons. The smallest absolute Gasteiger partial charge is 0.248 e. The monoisotopic (exact) mass is 333 g/mol. The van der Waals surface area contributed by atoms with Crippen LogP contribution in [0.15, 0.2) is 60.0 Å². The molecule has 5 heteroatoms. The quantitative estimate of drug-likeness (QED) is 0.593. The van der Waals surface area contributed by atoms with Crippen molar-refractivity contribution in [2.75, 3.05) is 0 Å². The van der Waals surface area contributed by atoms with Gasteiger partial charge in [-0.1, -0.05) is 30.3 Å². The van der Waals surface area contributed by atoms with Gasteiger partial charge in [0.1, 0.15) is 5.82 Å². The van der Waals surface area contributed by atoms with Crippen LogP contribution in [0.5, 0.6) is 0 Å². The summed E-state index contributed by atoms with van der Waals surface area (Å²) in [7, 11) is 0. The summed E-state index contributed by atoms with van der Waals surface area (Å²) in [6, 6.07) is 17.8. The third-order valence-corrected chi connectivity index (χ3v) is 4.83. The second kappa shape index (κ2) is 5.94. The Morgan fingerprint density at radius 2 is 1.96 bits per heavy atom. The number of benzene rings is 2. The summed E-state index contributed by atoms with van der Waals surface area (Å²) in [5.74, 6) is 0.341. The van der Waals surface area contributed by atoms with Gasteiger partial charge < -0.3 is 10.7 Å². The van der Waals surface area contributed by atoms with E-state index in [-0.39, 0.29) is 0 Å². The molecular formula is C19H15N3OS. The lowest BCUT2D eigenvalue weighted by molar-refractivity contribution is 0.100. The molecule has 4 nitrogen and oxygen atoms in total. The van der Waals surface area contributed by atoms with Crippen LogP contribution in [0, 0.1) is 0 Å². The molecule has 0 atom stereocenters. The van der Waals surface area contributed by atoms with Crippen LogP contribution in [0.25, 0.3) is 22.4 Å². The summed E-state index contributed by atoms with van der Waals surface area (Å²) in [5.41, 5.74) is 9.70. The van der Waals surface area contributed by atoms with Crippen molar-refractivity contribution in [3.8, 4) is 11.4 Å². The van der Waals surface area contributed by atoms with Gasteiger partial charge in [0.25, 0.3) is 0 Å². The zero-order chi connectivity index (χ0) is 16.5. The van der Waals surface area contributed by atoms with E-state index in [1.165, 1.54) is 10.4 Å². The highest BCUT2D eigenvalue weighted by molar-refractivity contribution is 7.09. The minimum absolute atomic E-state index is 0.445. The molecule has 4 rings (SSSR count). The predicted molar refractivity (Wildman–Crippen MR) is 97.2 cm³/mol. The van der Waals surface area contributed by atoms with E-state index in [4.69, 9.17) is 5.73 Å². The minimum Gasteiger partial charge on any atom is -0.366 e. The molecule has 0 saturated carbocycles. The van der Waals surface area contributed by atoms with E-state index in [2.05, 4.69) is 51.7 Å². The Kier molecular flexibility index (Phi) is 3.63. The number of amides is 1. The fourth-order valence-corrected chi connectivity index (χ4v) is 3.43. The number of imidazole rings is 1. The summed E-state index contributed by atoms with van der Waals surface area (Å²) < 4.78 is 0. The maximum absolute atomic E-state index is 11.3. The zero-order valence-electron chi connectivity index (χ0n) is 12.8. The lowest BCUT2D eigenvalue weighted by atomic mass is 10.1. The molecule has 0 aliphatic carbocycles. The largest absolute Gasteiger partial charge is 0.366 e. The van der Waals surface area contributed by atoms with Gasteiger partial charge in [-0.3, -0.25) is 4.79 Å². The molecule has 0 fully saturated rings. The van der Waals surface area contributed by atoms with Crippen molar-refractivity contribution in [2.45, 2.75) is 6.42 Å². The van der Waals surface area contributed by atoms with Crippen molar-refractivity contribution >= 4 is 28.3 Å². The molecule has 0 unspecified atom stereocenters. The molecule has 3 N–H and O–H groups in total. The van der Waals surface area contributed by atoms with E-state index in [0.29, 0.717) is 5.56 Å². The van der Waals surface area contributed by atoms with Crippen molar-refractivity contribution in [3.05, 3.63) is 76.0 Å². The average molecular weight is 333 g/mol. The molecular weight excluding hydrogens is 318 g/mol. The van der Waals surface area contributed by atoms with Gasteiger partial charge in [-0.05, 0) is 35.2 Å². The van der Waals surface area contributed by atoms with Crippen molar-refractivity contribution < 1.29 is 4.79 Å². The van der Waals surface area contributed by atoms with Gasteiger partial charge in [-0.25, -0.2) is 4.98 Å². The summed E-state index contributed by atoms with van der Waals surface area (Å²) in [4.78, 5) is 20.5. The second-order valence-corrected chi connectivity index (χ2v) is 6.67. The Hall–Kier alpha value is -2.92. The van der Waals surface area contributed by atoms with Crippen LogP contribution in [-0.4, -0.2) is 15.9 Å². The number of hydrogen-bond acceptors (Lipinski definition) is 3. The maximum atomic E-state index is 11.3. The van der Waals surface area contributed by atoms with Gasteiger partial charge in [0, 0.05) is 22.4 Å². The summed E-state index contributed by atoms with van der Waals surface area (Å²) >= 11 is 1.77. The highest BCUT2D eigenvalue weighted by atomic mass is 32.1. The molecule has 24 heavy (non-hydrogen) atoms. The van der Waals surface area contributed by atoms with Crippen LogP contribution < -0.4 is 5.73 Å². The molecule has 0 bridgehead atoms. The van der Waals surface area contributed by atoms with Crippen molar-refractivity contribution in [1.29, 1.82) is 0 Å². The average Bonchev–Trinajstić information content (AvgIpc) is 3.23. The lowest BCUT2D eigenvalue weighted by Crippen LogP contribution is -2.10. The standard InChI is InChI=1S/C19H15N3OS/c20-18(23)14-7-8-16-17(11-14)22-19(21-16)13-5-3-12(4-6-13)10-15-2-1-9-24-15/h1-9,11H,10H2,(H2,20,23)(H,21,22). The first-order chi connectivity index (χ1) is 11.7. The number of carbonyl (C=O) groups is 1. The predicted octanol–water partition coefficient (Wildman–Crippen LogP) is 3.98. The Labute approximate surface area is 143 Å².